The number of benzene rings is 2. The van der Waals surface area contributed by atoms with Gasteiger partial charge in [-0.25, -0.2) is 4.79 Å². The van der Waals surface area contributed by atoms with Crippen molar-refractivity contribution in [3.63, 3.8) is 0 Å². The highest BCUT2D eigenvalue weighted by atomic mass is 16.5. The molecule has 0 aliphatic carbocycles. The van der Waals surface area contributed by atoms with Crippen LogP contribution in [0.5, 0.6) is 5.75 Å². The van der Waals surface area contributed by atoms with Gasteiger partial charge in [0.05, 0.1) is 25.5 Å². The number of para-hydroxylation sites is 2. The summed E-state index contributed by atoms with van der Waals surface area (Å²) in [6.07, 6.45) is 0. The topological polar surface area (TPSA) is 59.1 Å². The van der Waals surface area contributed by atoms with Gasteiger partial charge in [0, 0.05) is 31.7 Å². The molecule has 1 saturated heterocycles. The third kappa shape index (κ3) is 3.64. The number of amides is 1. The summed E-state index contributed by atoms with van der Waals surface area (Å²) < 4.78 is 10.1. The Bertz CT molecular complexity index is 781. The Labute approximate surface area is 152 Å². The summed E-state index contributed by atoms with van der Waals surface area (Å²) in [5.41, 5.74) is 2.05. The van der Waals surface area contributed by atoms with Gasteiger partial charge < -0.3 is 19.3 Å². The van der Waals surface area contributed by atoms with Gasteiger partial charge in [0.2, 0.25) is 0 Å². The quantitative estimate of drug-likeness (QED) is 0.790. The molecular formula is C20H22N2O4. The van der Waals surface area contributed by atoms with E-state index < -0.39 is 5.97 Å². The Hall–Kier alpha value is -3.02. The number of anilines is 1. The highest BCUT2D eigenvalue weighted by molar-refractivity contribution is 5.96. The highest BCUT2D eigenvalue weighted by Crippen LogP contribution is 2.28. The van der Waals surface area contributed by atoms with Crippen LogP contribution in [0.4, 0.5) is 5.69 Å². The molecule has 0 atom stereocenters. The summed E-state index contributed by atoms with van der Waals surface area (Å²) in [7, 11) is 3.00. The molecule has 0 N–H and O–H groups in total. The molecule has 1 heterocycles. The number of ether oxygens (including phenoxy) is 2. The summed E-state index contributed by atoms with van der Waals surface area (Å²) in [4.78, 5) is 28.2. The summed E-state index contributed by atoms with van der Waals surface area (Å²) >= 11 is 0. The number of hydrogen-bond acceptors (Lipinski definition) is 5. The van der Waals surface area contributed by atoms with E-state index in [2.05, 4.69) is 9.64 Å². The number of hydrogen-bond donors (Lipinski definition) is 0. The molecule has 0 spiro atoms. The van der Waals surface area contributed by atoms with E-state index in [1.54, 1.807) is 31.4 Å². The van der Waals surface area contributed by atoms with E-state index >= 15 is 0 Å². The summed E-state index contributed by atoms with van der Waals surface area (Å²) in [6, 6.07) is 14.5. The van der Waals surface area contributed by atoms with Crippen LogP contribution >= 0.6 is 0 Å². The average molecular weight is 354 g/mol. The van der Waals surface area contributed by atoms with Crippen molar-refractivity contribution in [3.05, 3.63) is 59.7 Å². The number of piperazine rings is 1. The first-order chi connectivity index (χ1) is 12.6. The van der Waals surface area contributed by atoms with Gasteiger partial charge >= 0.3 is 5.97 Å². The molecule has 6 nitrogen and oxygen atoms in total. The second-order valence-corrected chi connectivity index (χ2v) is 6.02. The average Bonchev–Trinajstić information content (AvgIpc) is 2.73. The van der Waals surface area contributed by atoms with Crippen molar-refractivity contribution in [3.8, 4) is 5.75 Å². The number of carbonyl (C=O) groups is 2. The molecule has 6 heteroatoms. The van der Waals surface area contributed by atoms with E-state index in [0.717, 1.165) is 24.5 Å². The number of rotatable bonds is 4. The zero-order chi connectivity index (χ0) is 18.5. The second-order valence-electron chi connectivity index (χ2n) is 6.02. The van der Waals surface area contributed by atoms with Crippen molar-refractivity contribution in [2.45, 2.75) is 0 Å². The first kappa shape index (κ1) is 17.8. The van der Waals surface area contributed by atoms with Gasteiger partial charge in [0.1, 0.15) is 5.75 Å². The Morgan fingerprint density at radius 2 is 1.46 bits per heavy atom. The molecule has 2 aromatic carbocycles. The van der Waals surface area contributed by atoms with Crippen LogP contribution in [-0.2, 0) is 4.74 Å². The van der Waals surface area contributed by atoms with Gasteiger partial charge in [0.15, 0.2) is 0 Å². The maximum atomic E-state index is 12.7. The molecule has 0 bridgehead atoms. The molecule has 3 rings (SSSR count). The first-order valence-corrected chi connectivity index (χ1v) is 8.49. The van der Waals surface area contributed by atoms with Crippen LogP contribution in [0, 0.1) is 0 Å². The molecule has 1 fully saturated rings. The minimum Gasteiger partial charge on any atom is -0.495 e. The third-order valence-electron chi connectivity index (χ3n) is 4.55. The lowest BCUT2D eigenvalue weighted by atomic mass is 10.1. The molecular weight excluding hydrogens is 332 g/mol. The van der Waals surface area contributed by atoms with E-state index in [4.69, 9.17) is 4.74 Å². The van der Waals surface area contributed by atoms with Crippen molar-refractivity contribution in [2.75, 3.05) is 45.3 Å². The SMILES string of the molecule is COC(=O)c1ccc(C(=O)N2CCN(c3ccccc3OC)CC2)cc1. The van der Waals surface area contributed by atoms with Crippen LogP contribution in [-0.4, -0.2) is 57.2 Å². The lowest BCUT2D eigenvalue weighted by Crippen LogP contribution is -2.48. The van der Waals surface area contributed by atoms with Crippen molar-refractivity contribution in [2.24, 2.45) is 0 Å². The Morgan fingerprint density at radius 1 is 0.846 bits per heavy atom. The van der Waals surface area contributed by atoms with Gasteiger partial charge in [-0.2, -0.15) is 0 Å². The fourth-order valence-corrected chi connectivity index (χ4v) is 3.09. The minimum atomic E-state index is -0.408. The molecule has 1 aliphatic rings. The minimum absolute atomic E-state index is 0.0268. The third-order valence-corrected chi connectivity index (χ3v) is 4.55. The van der Waals surface area contributed by atoms with Gasteiger partial charge in [-0.05, 0) is 36.4 Å². The maximum absolute atomic E-state index is 12.7. The maximum Gasteiger partial charge on any atom is 0.337 e. The Morgan fingerprint density at radius 3 is 2.08 bits per heavy atom. The predicted molar refractivity (Wildman–Crippen MR) is 98.9 cm³/mol. The number of esters is 1. The van der Waals surface area contributed by atoms with Gasteiger partial charge in [0.25, 0.3) is 5.91 Å². The van der Waals surface area contributed by atoms with Crippen LogP contribution in [0.1, 0.15) is 20.7 Å². The summed E-state index contributed by atoms with van der Waals surface area (Å²) in [5, 5.41) is 0. The molecule has 1 aliphatic heterocycles. The smallest absolute Gasteiger partial charge is 0.337 e. The van der Waals surface area contributed by atoms with Crippen molar-refractivity contribution in [1.82, 2.24) is 4.90 Å². The van der Waals surface area contributed by atoms with E-state index in [1.807, 2.05) is 29.2 Å². The van der Waals surface area contributed by atoms with Crippen LogP contribution in [0.25, 0.3) is 0 Å². The molecule has 0 radical (unpaired) electrons. The van der Waals surface area contributed by atoms with Crippen LogP contribution in [0.15, 0.2) is 48.5 Å². The Balaban J connectivity index is 1.64. The van der Waals surface area contributed by atoms with E-state index in [1.165, 1.54) is 7.11 Å². The fraction of sp³-hybridized carbons (Fsp3) is 0.300. The molecule has 2 aromatic rings. The van der Waals surface area contributed by atoms with E-state index in [9.17, 15) is 9.59 Å². The fourth-order valence-electron chi connectivity index (χ4n) is 3.09. The van der Waals surface area contributed by atoms with E-state index in [-0.39, 0.29) is 5.91 Å². The van der Waals surface area contributed by atoms with Gasteiger partial charge in [-0.3, -0.25) is 4.79 Å². The molecule has 136 valence electrons. The molecule has 1 amide bonds. The van der Waals surface area contributed by atoms with Gasteiger partial charge in [-0.1, -0.05) is 12.1 Å². The predicted octanol–water partition coefficient (Wildman–Crippen LogP) is 2.44. The van der Waals surface area contributed by atoms with Crippen molar-refractivity contribution < 1.29 is 19.1 Å². The number of carbonyl (C=O) groups excluding carboxylic acids is 2. The normalized spacial score (nSPS) is 14.1. The largest absolute Gasteiger partial charge is 0.495 e. The Kier molecular flexibility index (Phi) is 5.41. The zero-order valence-corrected chi connectivity index (χ0v) is 15.0. The standard InChI is InChI=1S/C20H22N2O4/c1-25-18-6-4-3-5-17(18)21-11-13-22(14-12-21)19(23)15-7-9-16(10-8-15)20(24)26-2/h3-10H,11-14H2,1-2H3. The monoisotopic (exact) mass is 354 g/mol. The summed E-state index contributed by atoms with van der Waals surface area (Å²) in [5.74, 6) is 0.404. The lowest BCUT2D eigenvalue weighted by Gasteiger charge is -2.36. The molecule has 0 unspecified atom stereocenters. The summed E-state index contributed by atoms with van der Waals surface area (Å²) in [6.45, 7) is 2.75. The van der Waals surface area contributed by atoms with Crippen molar-refractivity contribution in [1.29, 1.82) is 0 Å². The number of methoxy groups -OCH3 is 2. The number of nitrogens with zero attached hydrogens (tertiary/aromatic N) is 2. The van der Waals surface area contributed by atoms with Crippen molar-refractivity contribution >= 4 is 17.6 Å². The molecule has 0 aromatic heterocycles. The zero-order valence-electron chi connectivity index (χ0n) is 15.0. The van der Waals surface area contributed by atoms with Crippen LogP contribution in [0.3, 0.4) is 0 Å². The van der Waals surface area contributed by atoms with Gasteiger partial charge in [-0.15, -0.1) is 0 Å². The first-order valence-electron chi connectivity index (χ1n) is 8.49. The van der Waals surface area contributed by atoms with Crippen LogP contribution < -0.4 is 9.64 Å². The van der Waals surface area contributed by atoms with E-state index in [0.29, 0.717) is 24.2 Å². The molecule has 0 saturated carbocycles. The second kappa shape index (κ2) is 7.91. The van der Waals surface area contributed by atoms with Crippen LogP contribution in [0.2, 0.25) is 0 Å². The lowest BCUT2D eigenvalue weighted by molar-refractivity contribution is 0.0599. The molecule has 26 heavy (non-hydrogen) atoms. The highest BCUT2D eigenvalue weighted by Gasteiger charge is 2.23.